The van der Waals surface area contributed by atoms with Gasteiger partial charge in [-0.05, 0) is 80.7 Å². The van der Waals surface area contributed by atoms with Crippen LogP contribution in [0.2, 0.25) is 0 Å². The van der Waals surface area contributed by atoms with Crippen LogP contribution < -0.4 is 14.5 Å². The summed E-state index contributed by atoms with van der Waals surface area (Å²) in [6.45, 7) is 14.1. The standard InChI is InChI=1S/C29H46N5O11P/c1-10-41-46(37,42-11-2)17-15-20(43-21-14-12-13-16-39-21)18-40-33-19-30-22-23(33)31-25(32-24(22)38-9)34(26(35)44-28(3,4)5)27(36)45-29(6,7)8/h15,17,19-21H,10-14,16,18H2,1-9H3/b17-15+/t20-,21+/m0/s1. The number of anilines is 1. The number of hydrogen-bond donors (Lipinski definition) is 0. The highest BCUT2D eigenvalue weighted by Crippen LogP contribution is 2.49. The van der Waals surface area contributed by atoms with Crippen LogP contribution in [0, 0.1) is 0 Å². The number of imide groups is 1. The number of aromatic nitrogens is 4. The number of fused-ring (bicyclic) bond motifs is 1. The first-order chi connectivity index (χ1) is 21.6. The predicted octanol–water partition coefficient (Wildman–Crippen LogP) is 5.63. The second-order valence-corrected chi connectivity index (χ2v) is 13.9. The molecule has 3 rings (SSSR count). The van der Waals surface area contributed by atoms with Gasteiger partial charge in [0.25, 0.3) is 0 Å². The van der Waals surface area contributed by atoms with E-state index in [9.17, 15) is 14.2 Å². The molecule has 2 amide bonds. The maximum absolute atomic E-state index is 13.2. The molecule has 0 saturated carbocycles. The van der Waals surface area contributed by atoms with Gasteiger partial charge in [0.15, 0.2) is 11.8 Å². The van der Waals surface area contributed by atoms with Crippen LogP contribution in [0.15, 0.2) is 18.2 Å². The van der Waals surface area contributed by atoms with Gasteiger partial charge in [-0.1, -0.05) is 0 Å². The summed E-state index contributed by atoms with van der Waals surface area (Å²) in [4.78, 5) is 46.0. The van der Waals surface area contributed by atoms with Crippen molar-refractivity contribution in [2.75, 3.05) is 38.4 Å². The van der Waals surface area contributed by atoms with Crippen LogP contribution in [-0.2, 0) is 32.6 Å². The van der Waals surface area contributed by atoms with E-state index in [2.05, 4.69) is 15.0 Å². The summed E-state index contributed by atoms with van der Waals surface area (Å²) in [6, 6.07) is 0. The molecule has 2 atom stereocenters. The second kappa shape index (κ2) is 16.0. The molecule has 0 spiro atoms. The third-order valence-electron chi connectivity index (χ3n) is 5.81. The Kier molecular flexibility index (Phi) is 12.9. The molecule has 3 heterocycles. The summed E-state index contributed by atoms with van der Waals surface area (Å²) in [6.07, 6.45) is 1.99. The SMILES string of the molecule is CCOP(=O)(/C=C/[C@@H](COn1cnc2c(OC)nc(N(C(=O)OC(C)(C)C)C(=O)OC(C)(C)C)nc21)O[C@@H]1CCCCO1)OCC. The minimum atomic E-state index is -3.53. The first-order valence-electron chi connectivity index (χ1n) is 15.1. The molecule has 46 heavy (non-hydrogen) atoms. The van der Waals surface area contributed by atoms with Crippen molar-refractivity contribution in [2.24, 2.45) is 0 Å². The van der Waals surface area contributed by atoms with Crippen LogP contribution in [0.3, 0.4) is 0 Å². The third kappa shape index (κ3) is 10.9. The summed E-state index contributed by atoms with van der Waals surface area (Å²) in [7, 11) is -2.18. The maximum Gasteiger partial charge on any atom is 0.427 e. The summed E-state index contributed by atoms with van der Waals surface area (Å²) in [5.74, 6) is 0.902. The third-order valence-corrected chi connectivity index (χ3v) is 7.58. The number of carbonyl (C=O) groups is 2. The fourth-order valence-electron chi connectivity index (χ4n) is 4.03. The van der Waals surface area contributed by atoms with Gasteiger partial charge in [-0.15, -0.1) is 4.90 Å². The topological polar surface area (TPSA) is 172 Å². The van der Waals surface area contributed by atoms with Crippen molar-refractivity contribution in [2.45, 2.75) is 98.2 Å². The van der Waals surface area contributed by atoms with Gasteiger partial charge in [-0.2, -0.15) is 14.7 Å². The monoisotopic (exact) mass is 671 g/mol. The van der Waals surface area contributed by atoms with Crippen LogP contribution in [0.4, 0.5) is 15.5 Å². The van der Waals surface area contributed by atoms with Gasteiger partial charge >= 0.3 is 19.8 Å². The minimum absolute atomic E-state index is 0.0443. The molecule has 0 radical (unpaired) electrons. The van der Waals surface area contributed by atoms with Crippen molar-refractivity contribution in [3.63, 3.8) is 0 Å². The Hall–Kier alpha value is -3.30. The molecular formula is C29H46N5O11P. The minimum Gasteiger partial charge on any atom is -0.479 e. The zero-order valence-electron chi connectivity index (χ0n) is 28.0. The lowest BCUT2D eigenvalue weighted by atomic mass is 10.2. The number of ether oxygens (including phenoxy) is 5. The van der Waals surface area contributed by atoms with E-state index in [0.717, 1.165) is 12.8 Å². The average Bonchev–Trinajstić information content (AvgIpc) is 3.36. The van der Waals surface area contributed by atoms with Gasteiger partial charge in [0, 0.05) is 12.4 Å². The average molecular weight is 672 g/mol. The lowest BCUT2D eigenvalue weighted by Crippen LogP contribution is -2.44. The quantitative estimate of drug-likeness (QED) is 0.240. The van der Waals surface area contributed by atoms with Gasteiger partial charge in [-0.3, -0.25) is 4.57 Å². The highest BCUT2D eigenvalue weighted by Gasteiger charge is 2.36. The molecule has 16 nitrogen and oxygen atoms in total. The van der Waals surface area contributed by atoms with Crippen molar-refractivity contribution in [3.8, 4) is 5.88 Å². The van der Waals surface area contributed by atoms with Crippen LogP contribution >= 0.6 is 7.60 Å². The molecule has 2 aromatic heterocycles. The summed E-state index contributed by atoms with van der Waals surface area (Å²) in [5.41, 5.74) is -1.66. The van der Waals surface area contributed by atoms with Crippen molar-refractivity contribution in [1.82, 2.24) is 19.7 Å². The Balaban J connectivity index is 1.99. The summed E-state index contributed by atoms with van der Waals surface area (Å²) < 4.78 is 53.2. The Morgan fingerprint density at radius 1 is 1.07 bits per heavy atom. The Morgan fingerprint density at radius 3 is 2.22 bits per heavy atom. The van der Waals surface area contributed by atoms with E-state index in [0.29, 0.717) is 17.9 Å². The number of nitrogens with zero attached hydrogens (tertiary/aromatic N) is 5. The van der Waals surface area contributed by atoms with Gasteiger partial charge in [0.2, 0.25) is 17.5 Å². The predicted molar refractivity (Wildman–Crippen MR) is 167 cm³/mol. The van der Waals surface area contributed by atoms with Crippen LogP contribution in [0.5, 0.6) is 5.88 Å². The zero-order valence-corrected chi connectivity index (χ0v) is 28.9. The number of rotatable bonds is 13. The molecule has 0 bridgehead atoms. The smallest absolute Gasteiger partial charge is 0.427 e. The van der Waals surface area contributed by atoms with Crippen molar-refractivity contribution < 1.29 is 51.7 Å². The van der Waals surface area contributed by atoms with E-state index >= 15 is 0 Å². The molecule has 0 aliphatic carbocycles. The normalized spacial score (nSPS) is 16.8. The lowest BCUT2D eigenvalue weighted by molar-refractivity contribution is -0.187. The van der Waals surface area contributed by atoms with E-state index in [4.69, 9.17) is 37.6 Å². The molecule has 17 heteroatoms. The number of hydrogen-bond acceptors (Lipinski definition) is 14. The van der Waals surface area contributed by atoms with E-state index in [-0.39, 0.29) is 36.9 Å². The van der Waals surface area contributed by atoms with Gasteiger partial charge in [0.1, 0.15) is 30.2 Å². The molecule has 1 aliphatic heterocycles. The molecule has 1 aliphatic rings. The Labute approximate surface area is 269 Å². The zero-order chi connectivity index (χ0) is 34.1. The molecule has 2 aromatic rings. The highest BCUT2D eigenvalue weighted by molar-refractivity contribution is 7.57. The first-order valence-corrected chi connectivity index (χ1v) is 16.7. The van der Waals surface area contributed by atoms with Gasteiger partial charge < -0.3 is 37.6 Å². The van der Waals surface area contributed by atoms with Crippen molar-refractivity contribution >= 4 is 36.9 Å². The molecule has 1 fully saturated rings. The summed E-state index contributed by atoms with van der Waals surface area (Å²) >= 11 is 0. The Bertz CT molecular complexity index is 1360. The number of amides is 2. The van der Waals surface area contributed by atoms with Crippen molar-refractivity contribution in [1.29, 1.82) is 0 Å². The fraction of sp³-hybridized carbons (Fsp3) is 0.690. The number of methoxy groups -OCH3 is 1. The highest BCUT2D eigenvalue weighted by atomic mass is 31.2. The van der Waals surface area contributed by atoms with E-state index < -0.39 is 49.3 Å². The lowest BCUT2D eigenvalue weighted by Gasteiger charge is -2.27. The van der Waals surface area contributed by atoms with E-state index in [1.165, 1.54) is 30.1 Å². The first kappa shape index (κ1) is 37.2. The van der Waals surface area contributed by atoms with Crippen LogP contribution in [-0.4, -0.2) is 89.0 Å². The molecule has 0 aromatic carbocycles. The Morgan fingerprint density at radius 2 is 1.70 bits per heavy atom. The van der Waals surface area contributed by atoms with Gasteiger partial charge in [0.05, 0.1) is 20.3 Å². The maximum atomic E-state index is 13.2. The van der Waals surface area contributed by atoms with Gasteiger partial charge in [-0.25, -0.2) is 14.6 Å². The fourth-order valence-corrected chi connectivity index (χ4v) is 5.39. The van der Waals surface area contributed by atoms with E-state index in [1.807, 2.05) is 0 Å². The van der Waals surface area contributed by atoms with Crippen LogP contribution in [0.1, 0.15) is 74.7 Å². The summed E-state index contributed by atoms with van der Waals surface area (Å²) in [5, 5.41) is 0. The molecule has 0 N–H and O–H groups in total. The molecule has 258 valence electrons. The van der Waals surface area contributed by atoms with Crippen LogP contribution in [0.25, 0.3) is 11.2 Å². The van der Waals surface area contributed by atoms with Crippen molar-refractivity contribution in [3.05, 3.63) is 18.2 Å². The number of carbonyl (C=O) groups excluding carboxylic acids is 2. The van der Waals surface area contributed by atoms with E-state index in [1.54, 1.807) is 55.4 Å². The molecular weight excluding hydrogens is 625 g/mol. The number of imidazole rings is 1. The largest absolute Gasteiger partial charge is 0.479 e. The molecule has 0 unspecified atom stereocenters. The second-order valence-electron chi connectivity index (χ2n) is 12.1. The molecule has 1 saturated heterocycles.